The van der Waals surface area contributed by atoms with Crippen molar-refractivity contribution in [2.24, 2.45) is 0 Å². The first-order valence-electron chi connectivity index (χ1n) is 7.54. The molecule has 0 radical (unpaired) electrons. The minimum atomic E-state index is -0.550. The fourth-order valence-electron chi connectivity index (χ4n) is 2.70. The van der Waals surface area contributed by atoms with Crippen molar-refractivity contribution < 1.29 is 14.0 Å². The van der Waals surface area contributed by atoms with Gasteiger partial charge in [0.15, 0.2) is 0 Å². The third kappa shape index (κ3) is 3.39. The van der Waals surface area contributed by atoms with Gasteiger partial charge in [-0.05, 0) is 30.2 Å². The Morgan fingerprint density at radius 1 is 1.04 bits per heavy atom. The van der Waals surface area contributed by atoms with Crippen molar-refractivity contribution in [2.75, 3.05) is 11.9 Å². The first-order valence-corrected chi connectivity index (χ1v) is 7.54. The highest BCUT2D eigenvalue weighted by Gasteiger charge is 2.38. The van der Waals surface area contributed by atoms with Crippen LogP contribution >= 0.6 is 0 Å². The lowest BCUT2D eigenvalue weighted by molar-refractivity contribution is -0.138. The van der Waals surface area contributed by atoms with Crippen LogP contribution in [0, 0.1) is 5.82 Å². The number of nitrogens with zero attached hydrogens (tertiary/aromatic N) is 1. The van der Waals surface area contributed by atoms with Gasteiger partial charge in [0.2, 0.25) is 5.91 Å². The summed E-state index contributed by atoms with van der Waals surface area (Å²) in [4.78, 5) is 25.7. The van der Waals surface area contributed by atoms with E-state index < -0.39 is 6.04 Å². The summed E-state index contributed by atoms with van der Waals surface area (Å²) in [5, 5.41) is 3.07. The average molecular weight is 312 g/mol. The van der Waals surface area contributed by atoms with E-state index in [-0.39, 0.29) is 30.6 Å². The highest BCUT2D eigenvalue weighted by molar-refractivity contribution is 6.06. The first-order chi connectivity index (χ1) is 11.1. The fourth-order valence-corrected chi connectivity index (χ4v) is 2.70. The average Bonchev–Trinajstić information content (AvgIpc) is 2.82. The summed E-state index contributed by atoms with van der Waals surface area (Å²) in [6.07, 6.45) is 0.452. The molecule has 0 spiro atoms. The summed E-state index contributed by atoms with van der Waals surface area (Å²) in [6.45, 7) is 0.200. The van der Waals surface area contributed by atoms with E-state index in [1.165, 1.54) is 11.0 Å². The number of para-hydroxylation sites is 1. The number of halogens is 1. The van der Waals surface area contributed by atoms with E-state index in [4.69, 9.17) is 0 Å². The summed E-state index contributed by atoms with van der Waals surface area (Å²) in [6, 6.07) is 15.1. The normalized spacial score (nSPS) is 17.6. The molecule has 1 heterocycles. The number of nitrogens with one attached hydrogen (secondary N) is 1. The van der Waals surface area contributed by atoms with Gasteiger partial charge in [0, 0.05) is 12.2 Å². The molecule has 2 aromatic rings. The molecular formula is C18H17FN2O2. The van der Waals surface area contributed by atoms with E-state index in [1.807, 2.05) is 30.3 Å². The van der Waals surface area contributed by atoms with Gasteiger partial charge in [-0.3, -0.25) is 14.5 Å². The monoisotopic (exact) mass is 312 g/mol. The molecule has 0 unspecified atom stereocenters. The summed E-state index contributed by atoms with van der Waals surface area (Å²) in [7, 11) is 0. The van der Waals surface area contributed by atoms with Gasteiger partial charge in [-0.1, -0.05) is 36.4 Å². The summed E-state index contributed by atoms with van der Waals surface area (Å²) < 4.78 is 13.6. The van der Waals surface area contributed by atoms with Gasteiger partial charge in [-0.25, -0.2) is 4.39 Å². The summed E-state index contributed by atoms with van der Waals surface area (Å²) in [5.74, 6) is -0.791. The Labute approximate surface area is 133 Å². The number of hydrogen-bond acceptors (Lipinski definition) is 3. The maximum absolute atomic E-state index is 13.6. The molecule has 1 N–H and O–H groups in total. The van der Waals surface area contributed by atoms with Crippen molar-refractivity contribution >= 4 is 17.5 Å². The third-order valence-electron chi connectivity index (χ3n) is 3.92. The zero-order chi connectivity index (χ0) is 16.2. The van der Waals surface area contributed by atoms with Crippen molar-refractivity contribution in [3.63, 3.8) is 0 Å². The minimum absolute atomic E-state index is 0.130. The highest BCUT2D eigenvalue weighted by Crippen LogP contribution is 2.19. The molecule has 0 aliphatic carbocycles. The second-order valence-corrected chi connectivity index (χ2v) is 5.49. The van der Waals surface area contributed by atoms with Gasteiger partial charge in [0.25, 0.3) is 5.91 Å². The molecule has 5 heteroatoms. The second kappa shape index (κ2) is 6.60. The predicted octanol–water partition coefficient (Wildman–Crippen LogP) is 2.61. The van der Waals surface area contributed by atoms with Crippen LogP contribution in [0.3, 0.4) is 0 Å². The quantitative estimate of drug-likeness (QED) is 0.864. The zero-order valence-corrected chi connectivity index (χ0v) is 12.5. The lowest BCUT2D eigenvalue weighted by Gasteiger charge is -2.16. The number of carbonyl (C=O) groups is 2. The van der Waals surface area contributed by atoms with Crippen LogP contribution in [0.4, 0.5) is 10.1 Å². The van der Waals surface area contributed by atoms with Gasteiger partial charge >= 0.3 is 0 Å². The van der Waals surface area contributed by atoms with Crippen LogP contribution in [0.25, 0.3) is 0 Å². The highest BCUT2D eigenvalue weighted by atomic mass is 19.1. The van der Waals surface area contributed by atoms with Gasteiger partial charge in [-0.2, -0.15) is 0 Å². The molecule has 1 fully saturated rings. The number of hydrogen-bond donors (Lipinski definition) is 1. The van der Waals surface area contributed by atoms with Crippen LogP contribution in [-0.4, -0.2) is 29.3 Å². The maximum atomic E-state index is 13.6. The summed E-state index contributed by atoms with van der Waals surface area (Å²) in [5.41, 5.74) is 1.31. The second-order valence-electron chi connectivity index (χ2n) is 5.49. The largest absolute Gasteiger partial charge is 0.373 e. The molecular weight excluding hydrogens is 295 g/mol. The molecule has 3 rings (SSSR count). The lowest BCUT2D eigenvalue weighted by atomic mass is 10.1. The Bertz CT molecular complexity index is 718. The Morgan fingerprint density at radius 3 is 2.48 bits per heavy atom. The Kier molecular flexibility index (Phi) is 4.37. The summed E-state index contributed by atoms with van der Waals surface area (Å²) >= 11 is 0. The molecule has 2 aromatic carbocycles. The molecule has 1 aliphatic rings. The molecule has 4 nitrogen and oxygen atoms in total. The van der Waals surface area contributed by atoms with E-state index in [0.29, 0.717) is 12.0 Å². The van der Waals surface area contributed by atoms with Crippen LogP contribution in [0.15, 0.2) is 54.6 Å². The number of likely N-dealkylation sites (tertiary alicyclic amines) is 1. The van der Waals surface area contributed by atoms with Crippen molar-refractivity contribution in [1.82, 2.24) is 4.90 Å². The van der Waals surface area contributed by atoms with Crippen LogP contribution in [0.5, 0.6) is 0 Å². The lowest BCUT2D eigenvalue weighted by Crippen LogP contribution is -2.36. The van der Waals surface area contributed by atoms with Crippen molar-refractivity contribution in [3.05, 3.63) is 66.0 Å². The number of amides is 2. The van der Waals surface area contributed by atoms with Crippen LogP contribution < -0.4 is 5.32 Å². The third-order valence-corrected chi connectivity index (χ3v) is 3.92. The van der Waals surface area contributed by atoms with Crippen LogP contribution in [0.1, 0.15) is 12.0 Å². The maximum Gasteiger partial charge on any atom is 0.252 e. The topological polar surface area (TPSA) is 49.4 Å². The van der Waals surface area contributed by atoms with Gasteiger partial charge in [-0.15, -0.1) is 0 Å². The molecule has 0 saturated carbocycles. The molecule has 0 aromatic heterocycles. The molecule has 1 atom stereocenters. The number of imide groups is 1. The fraction of sp³-hybridized carbons (Fsp3) is 0.222. The molecule has 2 amide bonds. The van der Waals surface area contributed by atoms with Crippen LogP contribution in [-0.2, 0) is 16.0 Å². The molecule has 1 saturated heterocycles. The van der Waals surface area contributed by atoms with Crippen LogP contribution in [0.2, 0.25) is 0 Å². The number of anilines is 1. The Morgan fingerprint density at radius 2 is 1.74 bits per heavy atom. The van der Waals surface area contributed by atoms with Gasteiger partial charge in [0.05, 0.1) is 6.42 Å². The standard InChI is InChI=1S/C18H17FN2O2/c19-15-9-5-4-6-13(15)10-11-21-17(22)12-16(18(21)23)20-14-7-2-1-3-8-14/h1-9,16,20H,10-12H2/t16-/m1/s1. The Hall–Kier alpha value is -2.69. The first kappa shape index (κ1) is 15.2. The van der Waals surface area contributed by atoms with Crippen molar-refractivity contribution in [1.29, 1.82) is 0 Å². The van der Waals surface area contributed by atoms with E-state index in [9.17, 15) is 14.0 Å². The molecule has 23 heavy (non-hydrogen) atoms. The van der Waals surface area contributed by atoms with E-state index >= 15 is 0 Å². The minimum Gasteiger partial charge on any atom is -0.373 e. The molecule has 0 bridgehead atoms. The van der Waals surface area contributed by atoms with E-state index in [1.54, 1.807) is 18.2 Å². The van der Waals surface area contributed by atoms with E-state index in [2.05, 4.69) is 5.32 Å². The van der Waals surface area contributed by atoms with Gasteiger partial charge < -0.3 is 5.32 Å². The smallest absolute Gasteiger partial charge is 0.252 e. The van der Waals surface area contributed by atoms with Crippen molar-refractivity contribution in [2.45, 2.75) is 18.9 Å². The number of rotatable bonds is 5. The Balaban J connectivity index is 1.64. The number of carbonyl (C=O) groups excluding carboxylic acids is 2. The zero-order valence-electron chi connectivity index (χ0n) is 12.5. The molecule has 118 valence electrons. The van der Waals surface area contributed by atoms with Gasteiger partial charge in [0.1, 0.15) is 11.9 Å². The van der Waals surface area contributed by atoms with Crippen molar-refractivity contribution in [3.8, 4) is 0 Å². The predicted molar refractivity (Wildman–Crippen MR) is 85.3 cm³/mol. The molecule has 1 aliphatic heterocycles. The van der Waals surface area contributed by atoms with E-state index in [0.717, 1.165) is 5.69 Å². The number of benzene rings is 2. The SMILES string of the molecule is O=C1C[C@@H](Nc2ccccc2)C(=O)N1CCc1ccccc1F.